The van der Waals surface area contributed by atoms with E-state index in [4.69, 9.17) is 4.98 Å². The van der Waals surface area contributed by atoms with Crippen LogP contribution in [0.25, 0.3) is 11.0 Å². The number of aromatic nitrogens is 2. The molecule has 2 aromatic rings. The number of imidazole rings is 1. The molecule has 1 aromatic carbocycles. The highest BCUT2D eigenvalue weighted by Gasteiger charge is 2.19. The van der Waals surface area contributed by atoms with Crippen molar-refractivity contribution in [2.45, 2.75) is 47.7 Å². The molecule has 3 nitrogen and oxygen atoms in total. The van der Waals surface area contributed by atoms with Gasteiger partial charge in [-0.3, -0.25) is 0 Å². The highest BCUT2D eigenvalue weighted by atomic mass is 15.1. The van der Waals surface area contributed by atoms with Gasteiger partial charge in [0.2, 0.25) is 0 Å². The van der Waals surface area contributed by atoms with E-state index in [0.29, 0.717) is 11.3 Å². The summed E-state index contributed by atoms with van der Waals surface area (Å²) >= 11 is 0. The van der Waals surface area contributed by atoms with E-state index in [1.807, 2.05) is 6.07 Å². The molecule has 0 radical (unpaired) electrons. The van der Waals surface area contributed by atoms with Gasteiger partial charge in [-0.05, 0) is 36.9 Å². The van der Waals surface area contributed by atoms with Crippen molar-refractivity contribution >= 4 is 11.0 Å². The van der Waals surface area contributed by atoms with Crippen LogP contribution in [0.3, 0.4) is 0 Å². The summed E-state index contributed by atoms with van der Waals surface area (Å²) in [5.74, 6) is 1.77. The molecule has 0 aliphatic carbocycles. The monoisotopic (exact) mass is 273 g/mol. The molecule has 110 valence electrons. The first-order valence-corrected chi connectivity index (χ1v) is 7.58. The van der Waals surface area contributed by atoms with Gasteiger partial charge >= 0.3 is 0 Å². The summed E-state index contributed by atoms with van der Waals surface area (Å²) in [6, 6.07) is 8.36. The third kappa shape index (κ3) is 3.21. The SMILES string of the molecule is CCn1c(CNCC(C)C(C)(C)C)nc2ccccc21. The van der Waals surface area contributed by atoms with Crippen molar-refractivity contribution in [2.75, 3.05) is 6.54 Å². The fourth-order valence-corrected chi connectivity index (χ4v) is 2.32. The average molecular weight is 273 g/mol. The second-order valence-corrected chi connectivity index (χ2v) is 6.66. The van der Waals surface area contributed by atoms with Crippen molar-refractivity contribution in [1.82, 2.24) is 14.9 Å². The van der Waals surface area contributed by atoms with Crippen LogP contribution in [0.15, 0.2) is 24.3 Å². The summed E-state index contributed by atoms with van der Waals surface area (Å²) in [6.07, 6.45) is 0. The summed E-state index contributed by atoms with van der Waals surface area (Å²) in [6.45, 7) is 14.2. The average Bonchev–Trinajstić information content (AvgIpc) is 2.74. The number of fused-ring (bicyclic) bond motifs is 1. The summed E-state index contributed by atoms with van der Waals surface area (Å²) < 4.78 is 2.30. The Morgan fingerprint density at radius 2 is 1.95 bits per heavy atom. The molecule has 0 spiro atoms. The van der Waals surface area contributed by atoms with Crippen LogP contribution in [0, 0.1) is 11.3 Å². The normalized spacial score (nSPS) is 13.8. The Morgan fingerprint density at radius 3 is 2.60 bits per heavy atom. The second kappa shape index (κ2) is 5.96. The Morgan fingerprint density at radius 1 is 1.25 bits per heavy atom. The van der Waals surface area contributed by atoms with Crippen LogP contribution in [0.1, 0.15) is 40.4 Å². The van der Waals surface area contributed by atoms with E-state index >= 15 is 0 Å². The van der Waals surface area contributed by atoms with E-state index in [9.17, 15) is 0 Å². The molecule has 0 saturated heterocycles. The van der Waals surface area contributed by atoms with Crippen molar-refractivity contribution in [2.24, 2.45) is 11.3 Å². The molecule has 1 unspecified atom stereocenters. The molecule has 2 rings (SSSR count). The van der Waals surface area contributed by atoms with Gasteiger partial charge in [-0.15, -0.1) is 0 Å². The highest BCUT2D eigenvalue weighted by Crippen LogP contribution is 2.24. The van der Waals surface area contributed by atoms with Gasteiger partial charge in [0.25, 0.3) is 0 Å². The molecule has 0 fully saturated rings. The van der Waals surface area contributed by atoms with Crippen molar-refractivity contribution in [3.8, 4) is 0 Å². The van der Waals surface area contributed by atoms with Crippen molar-refractivity contribution < 1.29 is 0 Å². The Kier molecular flexibility index (Phi) is 4.48. The first-order valence-electron chi connectivity index (χ1n) is 7.58. The summed E-state index contributed by atoms with van der Waals surface area (Å²) in [5, 5.41) is 3.56. The van der Waals surface area contributed by atoms with Gasteiger partial charge in [0.05, 0.1) is 17.6 Å². The van der Waals surface area contributed by atoms with E-state index in [2.05, 4.69) is 62.7 Å². The highest BCUT2D eigenvalue weighted by molar-refractivity contribution is 5.75. The number of benzene rings is 1. The van der Waals surface area contributed by atoms with Gasteiger partial charge in [0, 0.05) is 6.54 Å². The van der Waals surface area contributed by atoms with Gasteiger partial charge in [-0.1, -0.05) is 39.8 Å². The van der Waals surface area contributed by atoms with Gasteiger partial charge in [-0.25, -0.2) is 4.98 Å². The maximum absolute atomic E-state index is 4.74. The molecule has 1 N–H and O–H groups in total. The predicted molar refractivity (Wildman–Crippen MR) is 85.7 cm³/mol. The first kappa shape index (κ1) is 15.0. The fourth-order valence-electron chi connectivity index (χ4n) is 2.32. The number of nitrogens with one attached hydrogen (secondary N) is 1. The van der Waals surface area contributed by atoms with Crippen LogP contribution in [-0.2, 0) is 13.1 Å². The van der Waals surface area contributed by atoms with E-state index < -0.39 is 0 Å². The molecular formula is C17H27N3. The van der Waals surface area contributed by atoms with Gasteiger partial charge in [0.1, 0.15) is 5.82 Å². The van der Waals surface area contributed by atoms with Crippen molar-refractivity contribution in [3.05, 3.63) is 30.1 Å². The largest absolute Gasteiger partial charge is 0.327 e. The third-order valence-electron chi connectivity index (χ3n) is 4.26. The van der Waals surface area contributed by atoms with Crippen LogP contribution in [0.4, 0.5) is 0 Å². The number of nitrogens with zero attached hydrogens (tertiary/aromatic N) is 2. The Balaban J connectivity index is 2.07. The molecule has 0 aliphatic rings. The maximum atomic E-state index is 4.74. The smallest absolute Gasteiger partial charge is 0.123 e. The second-order valence-electron chi connectivity index (χ2n) is 6.66. The molecule has 0 bridgehead atoms. The molecule has 3 heteroatoms. The lowest BCUT2D eigenvalue weighted by atomic mass is 9.82. The zero-order valence-electron chi connectivity index (χ0n) is 13.4. The van der Waals surface area contributed by atoms with E-state index in [-0.39, 0.29) is 0 Å². The van der Waals surface area contributed by atoms with Gasteiger partial charge < -0.3 is 9.88 Å². The summed E-state index contributed by atoms with van der Waals surface area (Å²) in [5.41, 5.74) is 2.67. The Bertz CT molecular complexity index is 563. The summed E-state index contributed by atoms with van der Waals surface area (Å²) in [7, 11) is 0. The quantitative estimate of drug-likeness (QED) is 0.897. The van der Waals surface area contributed by atoms with E-state index in [1.165, 1.54) is 5.52 Å². The molecular weight excluding hydrogens is 246 g/mol. The zero-order chi connectivity index (χ0) is 14.8. The van der Waals surface area contributed by atoms with Crippen LogP contribution in [0.2, 0.25) is 0 Å². The standard InChI is InChI=1S/C17H27N3/c1-6-20-15-10-8-7-9-14(15)19-16(20)12-18-11-13(2)17(3,4)5/h7-10,13,18H,6,11-12H2,1-5H3. The molecule has 20 heavy (non-hydrogen) atoms. The van der Waals surface area contributed by atoms with Crippen LogP contribution < -0.4 is 5.32 Å². The Labute approximate surface area is 122 Å². The lowest BCUT2D eigenvalue weighted by Crippen LogP contribution is -2.30. The third-order valence-corrected chi connectivity index (χ3v) is 4.26. The zero-order valence-corrected chi connectivity index (χ0v) is 13.4. The minimum atomic E-state index is 0.345. The van der Waals surface area contributed by atoms with Gasteiger partial charge in [0.15, 0.2) is 0 Å². The van der Waals surface area contributed by atoms with Crippen LogP contribution in [0.5, 0.6) is 0 Å². The lowest BCUT2D eigenvalue weighted by Gasteiger charge is -2.27. The maximum Gasteiger partial charge on any atom is 0.123 e. The van der Waals surface area contributed by atoms with Crippen LogP contribution in [-0.4, -0.2) is 16.1 Å². The molecule has 1 aromatic heterocycles. The van der Waals surface area contributed by atoms with Crippen LogP contribution >= 0.6 is 0 Å². The van der Waals surface area contributed by atoms with Crippen molar-refractivity contribution in [3.63, 3.8) is 0 Å². The van der Waals surface area contributed by atoms with Gasteiger partial charge in [-0.2, -0.15) is 0 Å². The molecule has 1 heterocycles. The molecule has 0 saturated carbocycles. The fraction of sp³-hybridized carbons (Fsp3) is 0.588. The number of hydrogen-bond acceptors (Lipinski definition) is 2. The van der Waals surface area contributed by atoms with E-state index in [0.717, 1.165) is 31.0 Å². The molecule has 0 aliphatic heterocycles. The topological polar surface area (TPSA) is 29.9 Å². The number of aryl methyl sites for hydroxylation is 1. The summed E-state index contributed by atoms with van der Waals surface area (Å²) in [4.78, 5) is 4.74. The number of para-hydroxylation sites is 2. The minimum absolute atomic E-state index is 0.345. The predicted octanol–water partition coefficient (Wildman–Crippen LogP) is 3.83. The minimum Gasteiger partial charge on any atom is -0.327 e. The van der Waals surface area contributed by atoms with Crippen molar-refractivity contribution in [1.29, 1.82) is 0 Å². The Hall–Kier alpha value is -1.35. The molecule has 0 amide bonds. The number of rotatable bonds is 5. The first-order chi connectivity index (χ1) is 9.43. The number of hydrogen-bond donors (Lipinski definition) is 1. The van der Waals surface area contributed by atoms with E-state index in [1.54, 1.807) is 0 Å². The lowest BCUT2D eigenvalue weighted by molar-refractivity contribution is 0.252. The molecule has 1 atom stereocenters.